The second-order valence-corrected chi connectivity index (χ2v) is 6.12. The van der Waals surface area contributed by atoms with Crippen LogP contribution in [0.25, 0.3) is 0 Å². The third-order valence-corrected chi connectivity index (χ3v) is 4.91. The molecule has 0 aliphatic heterocycles. The van der Waals surface area contributed by atoms with Gasteiger partial charge in [-0.25, -0.2) is 0 Å². The predicted molar refractivity (Wildman–Crippen MR) is 81.3 cm³/mol. The van der Waals surface area contributed by atoms with E-state index in [1.54, 1.807) is 60.7 Å². The van der Waals surface area contributed by atoms with Gasteiger partial charge in [-0.3, -0.25) is 14.4 Å². The van der Waals surface area contributed by atoms with Gasteiger partial charge >= 0.3 is 0 Å². The van der Waals surface area contributed by atoms with Crippen LogP contribution in [-0.2, 0) is 18.7 Å². The van der Waals surface area contributed by atoms with Gasteiger partial charge in [0.05, 0.1) is 0 Å². The summed E-state index contributed by atoms with van der Waals surface area (Å²) in [5, 5.41) is 0. The summed E-state index contributed by atoms with van der Waals surface area (Å²) in [6, 6.07) is 17.3. The van der Waals surface area contributed by atoms with Gasteiger partial charge in [-0.2, -0.15) is 0 Å². The van der Waals surface area contributed by atoms with Crippen molar-refractivity contribution in [2.24, 2.45) is 0 Å². The lowest BCUT2D eigenvalue weighted by atomic mass is 9.91. The SMILES string of the molecule is O=C1C(=O)[C@@](Br)(c2ccccc2)C(=O)[C@H]1c1ccccc1. The van der Waals surface area contributed by atoms with E-state index in [0.29, 0.717) is 11.1 Å². The van der Waals surface area contributed by atoms with Gasteiger partial charge in [-0.1, -0.05) is 76.6 Å². The van der Waals surface area contributed by atoms with Crippen molar-refractivity contribution in [1.82, 2.24) is 0 Å². The maximum Gasteiger partial charge on any atom is 0.228 e. The monoisotopic (exact) mass is 342 g/mol. The molecule has 0 spiro atoms. The van der Waals surface area contributed by atoms with Crippen LogP contribution in [0.3, 0.4) is 0 Å². The highest BCUT2D eigenvalue weighted by atomic mass is 79.9. The van der Waals surface area contributed by atoms with Gasteiger partial charge in [0.15, 0.2) is 10.1 Å². The molecule has 0 unspecified atom stereocenters. The Kier molecular flexibility index (Phi) is 3.33. The molecule has 1 fully saturated rings. The van der Waals surface area contributed by atoms with Gasteiger partial charge < -0.3 is 0 Å². The van der Waals surface area contributed by atoms with Gasteiger partial charge in [0.1, 0.15) is 5.92 Å². The number of hydrogen-bond donors (Lipinski definition) is 0. The topological polar surface area (TPSA) is 51.2 Å². The summed E-state index contributed by atoms with van der Waals surface area (Å²) in [7, 11) is 0. The molecule has 1 aliphatic carbocycles. The van der Waals surface area contributed by atoms with Gasteiger partial charge in [-0.05, 0) is 11.1 Å². The van der Waals surface area contributed by atoms with Crippen LogP contribution >= 0.6 is 15.9 Å². The summed E-state index contributed by atoms with van der Waals surface area (Å²) < 4.78 is -1.56. The highest BCUT2D eigenvalue weighted by Crippen LogP contribution is 2.45. The highest BCUT2D eigenvalue weighted by molar-refractivity contribution is 9.10. The Morgan fingerprint density at radius 2 is 1.33 bits per heavy atom. The van der Waals surface area contributed by atoms with Crippen molar-refractivity contribution in [3.8, 4) is 0 Å². The molecule has 104 valence electrons. The largest absolute Gasteiger partial charge is 0.296 e. The minimum absolute atomic E-state index is 0.421. The lowest BCUT2D eigenvalue weighted by molar-refractivity contribution is -0.135. The third-order valence-electron chi connectivity index (χ3n) is 3.71. The molecule has 2 aromatic rings. The Hall–Kier alpha value is -2.07. The number of ketones is 3. The van der Waals surface area contributed by atoms with Crippen LogP contribution in [0.2, 0.25) is 0 Å². The molecular formula is C17H11BrO3. The maximum atomic E-state index is 12.8. The number of Topliss-reactive ketones (excluding diaryl/α,β-unsaturated/α-hetero) is 3. The fourth-order valence-corrected chi connectivity index (χ4v) is 3.31. The number of carbonyl (C=O) groups excluding carboxylic acids is 3. The van der Waals surface area contributed by atoms with Gasteiger partial charge in [0.25, 0.3) is 0 Å². The molecule has 2 aromatic carbocycles. The molecule has 3 nitrogen and oxygen atoms in total. The molecule has 1 aliphatic rings. The van der Waals surface area contributed by atoms with Crippen LogP contribution in [0.4, 0.5) is 0 Å². The lowest BCUT2D eigenvalue weighted by Crippen LogP contribution is -2.32. The number of carbonyl (C=O) groups is 3. The second-order valence-electron chi connectivity index (χ2n) is 4.93. The molecule has 0 aromatic heterocycles. The smallest absolute Gasteiger partial charge is 0.228 e. The predicted octanol–water partition coefficient (Wildman–Crippen LogP) is 2.78. The first-order chi connectivity index (χ1) is 10.1. The van der Waals surface area contributed by atoms with Gasteiger partial charge in [0.2, 0.25) is 11.6 Å². The first kappa shape index (κ1) is 13.9. The van der Waals surface area contributed by atoms with Crippen LogP contribution in [0.5, 0.6) is 0 Å². The fraction of sp³-hybridized carbons (Fsp3) is 0.118. The van der Waals surface area contributed by atoms with Crippen molar-refractivity contribution in [2.75, 3.05) is 0 Å². The van der Waals surface area contributed by atoms with E-state index in [9.17, 15) is 14.4 Å². The summed E-state index contributed by atoms with van der Waals surface area (Å²) in [4.78, 5) is 37.5. The molecular weight excluding hydrogens is 332 g/mol. The number of alkyl halides is 1. The maximum absolute atomic E-state index is 12.8. The Morgan fingerprint density at radius 3 is 1.90 bits per heavy atom. The minimum Gasteiger partial charge on any atom is -0.296 e. The Labute approximate surface area is 130 Å². The van der Waals surface area contributed by atoms with E-state index in [-0.39, 0.29) is 0 Å². The second kappa shape index (κ2) is 5.04. The number of benzene rings is 2. The molecule has 0 radical (unpaired) electrons. The fourth-order valence-electron chi connectivity index (χ4n) is 2.62. The molecule has 0 saturated heterocycles. The van der Waals surface area contributed by atoms with Crippen LogP contribution < -0.4 is 0 Å². The molecule has 1 saturated carbocycles. The van der Waals surface area contributed by atoms with Crippen LogP contribution in [0.1, 0.15) is 17.0 Å². The van der Waals surface area contributed by atoms with Gasteiger partial charge in [0, 0.05) is 0 Å². The summed E-state index contributed by atoms with van der Waals surface area (Å²) in [5.41, 5.74) is 1.05. The normalized spacial score (nSPS) is 25.4. The summed E-state index contributed by atoms with van der Waals surface area (Å²) in [6.45, 7) is 0. The zero-order valence-electron chi connectivity index (χ0n) is 11.0. The number of hydrogen-bond acceptors (Lipinski definition) is 3. The van der Waals surface area contributed by atoms with Crippen LogP contribution in [-0.4, -0.2) is 17.3 Å². The zero-order valence-corrected chi connectivity index (χ0v) is 12.5. The molecule has 0 N–H and O–H groups in total. The van der Waals surface area contributed by atoms with Crippen molar-refractivity contribution in [3.05, 3.63) is 71.8 Å². The quantitative estimate of drug-likeness (QED) is 0.479. The van der Waals surface area contributed by atoms with Crippen molar-refractivity contribution >= 4 is 33.3 Å². The van der Waals surface area contributed by atoms with E-state index in [2.05, 4.69) is 15.9 Å². The zero-order chi connectivity index (χ0) is 15.0. The number of rotatable bonds is 2. The average Bonchev–Trinajstić information content (AvgIpc) is 2.71. The summed E-state index contributed by atoms with van der Waals surface area (Å²) in [6.07, 6.45) is 0. The number of halogens is 1. The van der Waals surface area contributed by atoms with E-state index in [0.717, 1.165) is 0 Å². The Bertz CT molecular complexity index is 724. The summed E-state index contributed by atoms with van der Waals surface area (Å²) in [5.74, 6) is -2.81. The molecule has 4 heteroatoms. The summed E-state index contributed by atoms with van der Waals surface area (Å²) >= 11 is 3.24. The molecule has 0 heterocycles. The standard InChI is InChI=1S/C17H11BrO3/c18-17(12-9-5-2-6-10-12)15(20)13(14(19)16(17)21)11-7-3-1-4-8-11/h1-10,13H/t13-,17+/m0/s1. The Morgan fingerprint density at radius 1 is 0.810 bits per heavy atom. The van der Waals surface area contributed by atoms with Crippen molar-refractivity contribution in [1.29, 1.82) is 0 Å². The van der Waals surface area contributed by atoms with Crippen LogP contribution in [0.15, 0.2) is 60.7 Å². The third kappa shape index (κ3) is 1.98. The molecule has 3 rings (SSSR count). The van der Waals surface area contributed by atoms with E-state index >= 15 is 0 Å². The van der Waals surface area contributed by atoms with E-state index in [4.69, 9.17) is 0 Å². The molecule has 21 heavy (non-hydrogen) atoms. The lowest BCUT2D eigenvalue weighted by Gasteiger charge is -2.18. The van der Waals surface area contributed by atoms with Crippen molar-refractivity contribution in [2.45, 2.75) is 10.2 Å². The van der Waals surface area contributed by atoms with Crippen LogP contribution in [0, 0.1) is 0 Å². The average molecular weight is 343 g/mol. The van der Waals surface area contributed by atoms with E-state index in [1.165, 1.54) is 0 Å². The van der Waals surface area contributed by atoms with Crippen molar-refractivity contribution in [3.63, 3.8) is 0 Å². The van der Waals surface area contributed by atoms with E-state index in [1.807, 2.05) is 0 Å². The minimum atomic E-state index is -1.56. The molecule has 0 amide bonds. The highest BCUT2D eigenvalue weighted by Gasteiger charge is 2.60. The first-order valence-electron chi connectivity index (χ1n) is 6.49. The Balaban J connectivity index is 2.12. The van der Waals surface area contributed by atoms with E-state index < -0.39 is 27.6 Å². The molecule has 0 bridgehead atoms. The van der Waals surface area contributed by atoms with Crippen molar-refractivity contribution < 1.29 is 14.4 Å². The first-order valence-corrected chi connectivity index (χ1v) is 7.28. The van der Waals surface area contributed by atoms with Gasteiger partial charge in [-0.15, -0.1) is 0 Å². The molecule has 2 atom stereocenters.